The molecule has 0 amide bonds. The van der Waals surface area contributed by atoms with Gasteiger partial charge in [-0.3, -0.25) is 4.68 Å². The van der Waals surface area contributed by atoms with Crippen LogP contribution in [0.2, 0.25) is 0 Å². The van der Waals surface area contributed by atoms with Crippen LogP contribution in [0, 0.1) is 12.7 Å². The van der Waals surface area contributed by atoms with Gasteiger partial charge in [-0.15, -0.1) is 0 Å². The van der Waals surface area contributed by atoms with Crippen LogP contribution in [0.25, 0.3) is 11.1 Å². The lowest BCUT2D eigenvalue weighted by atomic mass is 9.87. The van der Waals surface area contributed by atoms with Gasteiger partial charge in [-0.2, -0.15) is 5.10 Å². The summed E-state index contributed by atoms with van der Waals surface area (Å²) in [6.07, 6.45) is 1.84. The van der Waals surface area contributed by atoms with Gasteiger partial charge >= 0.3 is 0 Å². The highest BCUT2D eigenvalue weighted by Crippen LogP contribution is 2.34. The van der Waals surface area contributed by atoms with Crippen molar-refractivity contribution < 1.29 is 4.39 Å². The zero-order valence-electron chi connectivity index (χ0n) is 12.1. The third kappa shape index (κ3) is 2.48. The molecule has 0 atom stereocenters. The summed E-state index contributed by atoms with van der Waals surface area (Å²) in [7, 11) is 1.84. The largest absolute Gasteiger partial charge is 0.398 e. The molecule has 0 aliphatic heterocycles. The smallest absolute Gasteiger partial charge is 0.131 e. The molecule has 2 rings (SSSR count). The average Bonchev–Trinajstić information content (AvgIpc) is 2.65. The molecular formula is C15H20FN3. The van der Waals surface area contributed by atoms with E-state index in [-0.39, 0.29) is 11.2 Å². The van der Waals surface area contributed by atoms with Crippen molar-refractivity contribution in [1.82, 2.24) is 9.78 Å². The van der Waals surface area contributed by atoms with Gasteiger partial charge in [0.2, 0.25) is 0 Å². The van der Waals surface area contributed by atoms with Crippen LogP contribution < -0.4 is 5.73 Å². The van der Waals surface area contributed by atoms with E-state index in [0.717, 1.165) is 16.8 Å². The summed E-state index contributed by atoms with van der Waals surface area (Å²) in [5, 5.41) is 4.46. The van der Waals surface area contributed by atoms with Crippen LogP contribution in [-0.4, -0.2) is 9.78 Å². The van der Waals surface area contributed by atoms with E-state index in [1.807, 2.05) is 13.2 Å². The van der Waals surface area contributed by atoms with Gasteiger partial charge in [0.15, 0.2) is 0 Å². The third-order valence-corrected chi connectivity index (χ3v) is 3.19. The Hall–Kier alpha value is -1.84. The monoisotopic (exact) mass is 261 g/mol. The molecule has 0 aliphatic rings. The number of benzene rings is 1. The predicted octanol–water partition coefficient (Wildman–Crippen LogP) is 3.41. The highest BCUT2D eigenvalue weighted by atomic mass is 19.1. The molecule has 2 aromatic rings. The van der Waals surface area contributed by atoms with Crippen molar-refractivity contribution in [2.75, 3.05) is 5.73 Å². The van der Waals surface area contributed by atoms with Crippen LogP contribution in [0.15, 0.2) is 18.3 Å². The number of nitrogens with zero attached hydrogens (tertiary/aromatic N) is 2. The van der Waals surface area contributed by atoms with E-state index in [2.05, 4.69) is 25.9 Å². The van der Waals surface area contributed by atoms with Gasteiger partial charge in [0, 0.05) is 35.5 Å². The first kappa shape index (κ1) is 13.6. The van der Waals surface area contributed by atoms with Crippen molar-refractivity contribution in [3.8, 4) is 11.1 Å². The van der Waals surface area contributed by atoms with Crippen molar-refractivity contribution in [3.63, 3.8) is 0 Å². The lowest BCUT2D eigenvalue weighted by molar-refractivity contribution is 0.553. The Bertz CT molecular complexity index is 621. The Morgan fingerprint density at radius 3 is 2.42 bits per heavy atom. The minimum atomic E-state index is -0.259. The quantitative estimate of drug-likeness (QED) is 0.799. The van der Waals surface area contributed by atoms with E-state index in [9.17, 15) is 4.39 Å². The number of nitrogens with two attached hydrogens (primary N) is 1. The first-order valence-corrected chi connectivity index (χ1v) is 6.30. The van der Waals surface area contributed by atoms with Crippen molar-refractivity contribution in [3.05, 3.63) is 35.4 Å². The topological polar surface area (TPSA) is 43.8 Å². The molecule has 1 aromatic carbocycles. The maximum atomic E-state index is 14.2. The van der Waals surface area contributed by atoms with Crippen molar-refractivity contribution in [2.45, 2.75) is 33.1 Å². The Morgan fingerprint density at radius 2 is 1.84 bits per heavy atom. The molecular weight excluding hydrogens is 241 g/mol. The first-order valence-electron chi connectivity index (χ1n) is 6.30. The molecule has 0 saturated heterocycles. The van der Waals surface area contributed by atoms with E-state index in [1.54, 1.807) is 17.7 Å². The maximum absolute atomic E-state index is 14.2. The molecule has 2 N–H and O–H groups in total. The second-order valence-electron chi connectivity index (χ2n) is 6.00. The first-order chi connectivity index (χ1) is 8.70. The van der Waals surface area contributed by atoms with Crippen LogP contribution in [0.5, 0.6) is 0 Å². The molecule has 0 fully saturated rings. The number of aromatic nitrogens is 2. The number of rotatable bonds is 1. The summed E-state index contributed by atoms with van der Waals surface area (Å²) < 4.78 is 15.9. The Balaban J connectivity index is 2.69. The fourth-order valence-corrected chi connectivity index (χ4v) is 2.14. The number of hydrogen-bond donors (Lipinski definition) is 1. The summed E-state index contributed by atoms with van der Waals surface area (Å²) in [5.41, 5.74) is 9.29. The zero-order chi connectivity index (χ0) is 14.4. The highest BCUT2D eigenvalue weighted by Gasteiger charge is 2.24. The molecule has 0 unspecified atom stereocenters. The minimum absolute atomic E-state index is 0.150. The summed E-state index contributed by atoms with van der Waals surface area (Å²) in [6.45, 7) is 7.99. The fraction of sp³-hybridized carbons (Fsp3) is 0.400. The van der Waals surface area contributed by atoms with Crippen LogP contribution in [0.4, 0.5) is 10.1 Å². The molecule has 4 heteroatoms. The molecule has 0 spiro atoms. The highest BCUT2D eigenvalue weighted by molar-refractivity contribution is 5.71. The van der Waals surface area contributed by atoms with Gasteiger partial charge < -0.3 is 5.73 Å². The summed E-state index contributed by atoms with van der Waals surface area (Å²) >= 11 is 0. The second kappa shape index (κ2) is 4.37. The van der Waals surface area contributed by atoms with E-state index in [1.165, 1.54) is 6.07 Å². The van der Waals surface area contributed by atoms with E-state index >= 15 is 0 Å². The maximum Gasteiger partial charge on any atom is 0.131 e. The predicted molar refractivity (Wildman–Crippen MR) is 76.5 cm³/mol. The van der Waals surface area contributed by atoms with Crippen LogP contribution in [0.3, 0.4) is 0 Å². The molecule has 0 bridgehead atoms. The molecule has 0 radical (unpaired) electrons. The van der Waals surface area contributed by atoms with Crippen molar-refractivity contribution in [1.29, 1.82) is 0 Å². The molecule has 19 heavy (non-hydrogen) atoms. The van der Waals surface area contributed by atoms with Gasteiger partial charge in [-0.1, -0.05) is 20.8 Å². The molecule has 1 heterocycles. The molecule has 0 aliphatic carbocycles. The fourth-order valence-electron chi connectivity index (χ4n) is 2.14. The van der Waals surface area contributed by atoms with Crippen LogP contribution in [0.1, 0.15) is 32.0 Å². The lowest BCUT2D eigenvalue weighted by Crippen LogP contribution is -2.14. The van der Waals surface area contributed by atoms with Gasteiger partial charge in [0.05, 0.1) is 5.69 Å². The Morgan fingerprint density at radius 1 is 1.21 bits per heavy atom. The standard InChI is InChI=1S/C15H20FN3/c1-9-6-12(16)10(7-13(9)17)11-8-19(5)18-14(11)15(2,3)4/h6-8H,17H2,1-5H3. The van der Waals surface area contributed by atoms with Gasteiger partial charge in [-0.25, -0.2) is 4.39 Å². The van der Waals surface area contributed by atoms with Crippen molar-refractivity contribution in [2.24, 2.45) is 7.05 Å². The normalized spacial score (nSPS) is 11.9. The summed E-state index contributed by atoms with van der Waals surface area (Å²) in [4.78, 5) is 0. The van der Waals surface area contributed by atoms with Gasteiger partial charge in [0.1, 0.15) is 5.82 Å². The Kier molecular flexibility index (Phi) is 3.12. The summed E-state index contributed by atoms with van der Waals surface area (Å²) in [6, 6.07) is 3.17. The Labute approximate surface area is 113 Å². The van der Waals surface area contributed by atoms with E-state index in [0.29, 0.717) is 11.3 Å². The van der Waals surface area contributed by atoms with E-state index < -0.39 is 0 Å². The van der Waals surface area contributed by atoms with Crippen LogP contribution in [-0.2, 0) is 12.5 Å². The number of halogens is 1. The lowest BCUT2D eigenvalue weighted by Gasteiger charge is -2.18. The van der Waals surface area contributed by atoms with Gasteiger partial charge in [-0.05, 0) is 24.6 Å². The van der Waals surface area contributed by atoms with Gasteiger partial charge in [0.25, 0.3) is 0 Å². The average molecular weight is 261 g/mol. The molecule has 3 nitrogen and oxygen atoms in total. The molecule has 1 aromatic heterocycles. The third-order valence-electron chi connectivity index (χ3n) is 3.19. The molecule has 0 saturated carbocycles. The molecule has 102 valence electrons. The number of anilines is 1. The van der Waals surface area contributed by atoms with E-state index in [4.69, 9.17) is 5.73 Å². The van der Waals surface area contributed by atoms with Crippen molar-refractivity contribution >= 4 is 5.69 Å². The second-order valence-corrected chi connectivity index (χ2v) is 6.00. The number of nitrogen functional groups attached to an aromatic ring is 1. The number of hydrogen-bond acceptors (Lipinski definition) is 2. The zero-order valence-corrected chi connectivity index (χ0v) is 12.1. The minimum Gasteiger partial charge on any atom is -0.398 e. The SMILES string of the molecule is Cc1cc(F)c(-c2cn(C)nc2C(C)(C)C)cc1N. The van der Waals surface area contributed by atoms with Crippen LogP contribution >= 0.6 is 0 Å². The number of aryl methyl sites for hydroxylation is 2. The summed E-state index contributed by atoms with van der Waals surface area (Å²) in [5.74, 6) is -0.259.